The molecule has 0 saturated carbocycles. The minimum absolute atomic E-state index is 0.0420. The Morgan fingerprint density at radius 2 is 1.59 bits per heavy atom. The number of amides is 1. The number of ether oxygens (including phenoxy) is 1. The van der Waals surface area contributed by atoms with Gasteiger partial charge in [-0.2, -0.15) is 0 Å². The molecule has 1 saturated heterocycles. The van der Waals surface area contributed by atoms with Crippen molar-refractivity contribution in [2.24, 2.45) is 5.92 Å². The van der Waals surface area contributed by atoms with Gasteiger partial charge in [-0.05, 0) is 61.7 Å². The second kappa shape index (κ2) is 11.0. The predicted octanol–water partition coefficient (Wildman–Crippen LogP) is 5.36. The SMILES string of the molecule is CC(NC(=O)C1CCN(Cc2cccc(OCc3ccccc3)c2)CC1)c1ccccc1. The molecule has 4 nitrogen and oxygen atoms in total. The number of rotatable bonds is 8. The van der Waals surface area contributed by atoms with E-state index in [9.17, 15) is 4.79 Å². The number of likely N-dealkylation sites (tertiary alicyclic amines) is 1. The lowest BCUT2D eigenvalue weighted by molar-refractivity contribution is -0.127. The molecule has 4 rings (SSSR count). The van der Waals surface area contributed by atoms with Gasteiger partial charge in [0, 0.05) is 12.5 Å². The lowest BCUT2D eigenvalue weighted by atomic mass is 9.95. The van der Waals surface area contributed by atoms with E-state index in [1.54, 1.807) is 0 Å². The zero-order valence-corrected chi connectivity index (χ0v) is 18.7. The number of hydrogen-bond donors (Lipinski definition) is 1. The smallest absolute Gasteiger partial charge is 0.223 e. The van der Waals surface area contributed by atoms with Crippen molar-refractivity contribution in [3.63, 3.8) is 0 Å². The molecule has 166 valence electrons. The maximum atomic E-state index is 12.7. The van der Waals surface area contributed by atoms with Crippen LogP contribution in [0.2, 0.25) is 0 Å². The second-order valence-corrected chi connectivity index (χ2v) is 8.61. The number of benzene rings is 3. The van der Waals surface area contributed by atoms with Crippen molar-refractivity contribution in [2.45, 2.75) is 39.0 Å². The van der Waals surface area contributed by atoms with Gasteiger partial charge in [0.25, 0.3) is 0 Å². The first-order valence-corrected chi connectivity index (χ1v) is 11.5. The zero-order valence-electron chi connectivity index (χ0n) is 18.7. The topological polar surface area (TPSA) is 41.6 Å². The Morgan fingerprint density at radius 1 is 0.938 bits per heavy atom. The molecule has 0 aromatic heterocycles. The average molecular weight is 429 g/mol. The Morgan fingerprint density at radius 3 is 2.31 bits per heavy atom. The number of nitrogens with one attached hydrogen (secondary N) is 1. The molecule has 1 heterocycles. The number of hydrogen-bond acceptors (Lipinski definition) is 3. The molecule has 3 aromatic carbocycles. The van der Waals surface area contributed by atoms with E-state index in [4.69, 9.17) is 4.74 Å². The van der Waals surface area contributed by atoms with E-state index >= 15 is 0 Å². The Hall–Kier alpha value is -3.11. The van der Waals surface area contributed by atoms with Gasteiger partial charge in [0.1, 0.15) is 12.4 Å². The maximum Gasteiger partial charge on any atom is 0.223 e. The summed E-state index contributed by atoms with van der Waals surface area (Å²) in [5.74, 6) is 1.17. The monoisotopic (exact) mass is 428 g/mol. The highest BCUT2D eigenvalue weighted by molar-refractivity contribution is 5.79. The van der Waals surface area contributed by atoms with Crippen LogP contribution >= 0.6 is 0 Å². The van der Waals surface area contributed by atoms with Crippen LogP contribution in [0, 0.1) is 5.92 Å². The molecule has 0 radical (unpaired) electrons. The van der Waals surface area contributed by atoms with Crippen LogP contribution < -0.4 is 10.1 Å². The molecule has 0 spiro atoms. The van der Waals surface area contributed by atoms with E-state index in [0.717, 1.165) is 43.8 Å². The summed E-state index contributed by atoms with van der Waals surface area (Å²) in [4.78, 5) is 15.2. The molecule has 0 bridgehead atoms. The molecular formula is C28H32N2O2. The number of piperidine rings is 1. The van der Waals surface area contributed by atoms with Crippen LogP contribution in [-0.2, 0) is 17.9 Å². The van der Waals surface area contributed by atoms with Gasteiger partial charge in [0.05, 0.1) is 6.04 Å². The van der Waals surface area contributed by atoms with Gasteiger partial charge in [-0.3, -0.25) is 9.69 Å². The van der Waals surface area contributed by atoms with Gasteiger partial charge in [-0.15, -0.1) is 0 Å². The predicted molar refractivity (Wildman–Crippen MR) is 128 cm³/mol. The van der Waals surface area contributed by atoms with E-state index in [1.165, 1.54) is 11.1 Å². The van der Waals surface area contributed by atoms with Crippen molar-refractivity contribution in [3.05, 3.63) is 102 Å². The molecule has 1 aliphatic heterocycles. The van der Waals surface area contributed by atoms with Gasteiger partial charge in [0.15, 0.2) is 0 Å². The van der Waals surface area contributed by atoms with Crippen LogP contribution in [0.3, 0.4) is 0 Å². The fourth-order valence-electron chi connectivity index (χ4n) is 4.24. The third kappa shape index (κ3) is 6.21. The summed E-state index contributed by atoms with van der Waals surface area (Å²) in [6.07, 6.45) is 1.80. The lowest BCUT2D eigenvalue weighted by Crippen LogP contribution is -2.40. The van der Waals surface area contributed by atoms with Crippen LogP contribution in [0.5, 0.6) is 5.75 Å². The summed E-state index contributed by atoms with van der Waals surface area (Å²) in [7, 11) is 0. The normalized spacial score (nSPS) is 15.8. The highest BCUT2D eigenvalue weighted by Gasteiger charge is 2.26. The van der Waals surface area contributed by atoms with Crippen molar-refractivity contribution < 1.29 is 9.53 Å². The molecule has 3 aromatic rings. The minimum atomic E-state index is 0.0420. The fraction of sp³-hybridized carbons (Fsp3) is 0.321. The van der Waals surface area contributed by atoms with E-state index in [2.05, 4.69) is 59.6 Å². The number of nitrogens with zero attached hydrogens (tertiary/aromatic N) is 1. The first-order chi connectivity index (χ1) is 15.7. The third-order valence-electron chi connectivity index (χ3n) is 6.17. The van der Waals surface area contributed by atoms with Gasteiger partial charge in [-0.25, -0.2) is 0 Å². The van der Waals surface area contributed by atoms with E-state index in [1.807, 2.05) is 42.5 Å². The van der Waals surface area contributed by atoms with Crippen molar-refractivity contribution >= 4 is 5.91 Å². The molecule has 1 aliphatic rings. The van der Waals surface area contributed by atoms with Crippen LogP contribution in [-0.4, -0.2) is 23.9 Å². The summed E-state index contributed by atoms with van der Waals surface area (Å²) >= 11 is 0. The highest BCUT2D eigenvalue weighted by atomic mass is 16.5. The van der Waals surface area contributed by atoms with Crippen molar-refractivity contribution in [1.82, 2.24) is 10.2 Å². The quantitative estimate of drug-likeness (QED) is 0.525. The largest absolute Gasteiger partial charge is 0.489 e. The van der Waals surface area contributed by atoms with E-state index < -0.39 is 0 Å². The lowest BCUT2D eigenvalue weighted by Gasteiger charge is -2.32. The zero-order chi connectivity index (χ0) is 22.2. The molecule has 4 heteroatoms. The first kappa shape index (κ1) is 22.1. The van der Waals surface area contributed by atoms with E-state index in [0.29, 0.717) is 6.61 Å². The first-order valence-electron chi connectivity index (χ1n) is 11.5. The van der Waals surface area contributed by atoms with Gasteiger partial charge < -0.3 is 10.1 Å². The molecular weight excluding hydrogens is 396 g/mol. The Kier molecular flexibility index (Phi) is 7.57. The molecule has 32 heavy (non-hydrogen) atoms. The average Bonchev–Trinajstić information content (AvgIpc) is 2.84. The summed E-state index contributed by atoms with van der Waals surface area (Å²) in [6, 6.07) is 28.8. The van der Waals surface area contributed by atoms with Crippen LogP contribution in [0.4, 0.5) is 0 Å². The fourth-order valence-corrected chi connectivity index (χ4v) is 4.24. The minimum Gasteiger partial charge on any atom is -0.489 e. The summed E-state index contributed by atoms with van der Waals surface area (Å²) in [5, 5.41) is 3.19. The molecule has 0 aliphatic carbocycles. The van der Waals surface area contributed by atoms with Crippen molar-refractivity contribution in [2.75, 3.05) is 13.1 Å². The highest BCUT2D eigenvalue weighted by Crippen LogP contribution is 2.22. The molecule has 1 unspecified atom stereocenters. The Bertz CT molecular complexity index is 983. The standard InChI is InChI=1S/C28H32N2O2/c1-22(25-12-6-3-7-13-25)29-28(31)26-15-17-30(18-16-26)20-24-11-8-14-27(19-24)32-21-23-9-4-2-5-10-23/h2-14,19,22,26H,15-18,20-21H2,1H3,(H,29,31). The van der Waals surface area contributed by atoms with Gasteiger partial charge in [-0.1, -0.05) is 72.8 Å². The summed E-state index contributed by atoms with van der Waals surface area (Å²) in [6.45, 7) is 5.39. The second-order valence-electron chi connectivity index (χ2n) is 8.61. The van der Waals surface area contributed by atoms with Crippen molar-refractivity contribution in [3.8, 4) is 5.75 Å². The summed E-state index contributed by atoms with van der Waals surface area (Å²) < 4.78 is 5.97. The summed E-state index contributed by atoms with van der Waals surface area (Å²) in [5.41, 5.74) is 3.56. The van der Waals surface area contributed by atoms with Crippen LogP contribution in [0.25, 0.3) is 0 Å². The van der Waals surface area contributed by atoms with Crippen molar-refractivity contribution in [1.29, 1.82) is 0 Å². The van der Waals surface area contributed by atoms with E-state index in [-0.39, 0.29) is 17.9 Å². The maximum absolute atomic E-state index is 12.7. The molecule has 1 atom stereocenters. The van der Waals surface area contributed by atoms with Gasteiger partial charge in [0.2, 0.25) is 5.91 Å². The van der Waals surface area contributed by atoms with Gasteiger partial charge >= 0.3 is 0 Å². The Balaban J connectivity index is 1.24. The Labute approximate surface area is 191 Å². The third-order valence-corrected chi connectivity index (χ3v) is 6.17. The molecule has 1 amide bonds. The molecule has 1 fully saturated rings. The number of carbonyl (C=O) groups excluding carboxylic acids is 1. The molecule has 1 N–H and O–H groups in total. The van der Waals surface area contributed by atoms with Crippen LogP contribution in [0.15, 0.2) is 84.9 Å². The number of carbonyl (C=O) groups is 1. The van der Waals surface area contributed by atoms with Crippen LogP contribution in [0.1, 0.15) is 42.5 Å².